The Morgan fingerprint density at radius 2 is 1.43 bits per heavy atom. The zero-order valence-corrected chi connectivity index (χ0v) is 11.6. The average molecular weight is 280 g/mol. The van der Waals surface area contributed by atoms with Crippen molar-refractivity contribution in [3.05, 3.63) is 60.2 Å². The number of hydrogen-bond acceptors (Lipinski definition) is 3. The molecule has 3 rings (SSSR count). The van der Waals surface area contributed by atoms with Gasteiger partial charge in [-0.2, -0.15) is 0 Å². The predicted molar refractivity (Wildman–Crippen MR) is 79.6 cm³/mol. The van der Waals surface area contributed by atoms with Gasteiger partial charge in [-0.05, 0) is 23.8 Å². The van der Waals surface area contributed by atoms with Crippen LogP contribution in [0.4, 0.5) is 0 Å². The van der Waals surface area contributed by atoms with Gasteiger partial charge in [-0.1, -0.05) is 36.4 Å². The molecule has 106 valence electrons. The van der Waals surface area contributed by atoms with Gasteiger partial charge in [-0.3, -0.25) is 9.59 Å². The Kier molecular flexibility index (Phi) is 3.82. The molecule has 0 heterocycles. The first-order valence-electron chi connectivity index (χ1n) is 7.07. The smallest absolute Gasteiger partial charge is 0.140 e. The maximum Gasteiger partial charge on any atom is 0.140 e. The Labute approximate surface area is 123 Å². The summed E-state index contributed by atoms with van der Waals surface area (Å²) in [5.74, 6) is 1.44. The molecule has 0 spiro atoms. The lowest BCUT2D eigenvalue weighted by Crippen LogP contribution is -2.21. The van der Waals surface area contributed by atoms with E-state index in [0.717, 1.165) is 17.1 Å². The number of para-hydroxylation sites is 2. The van der Waals surface area contributed by atoms with Crippen molar-refractivity contribution in [2.75, 3.05) is 0 Å². The van der Waals surface area contributed by atoms with Crippen molar-refractivity contribution in [2.24, 2.45) is 0 Å². The van der Waals surface area contributed by atoms with Crippen LogP contribution in [-0.2, 0) is 9.59 Å². The number of hydrogen-bond donors (Lipinski definition) is 0. The van der Waals surface area contributed by atoms with Crippen LogP contribution in [0.25, 0.3) is 0 Å². The number of ether oxygens (including phenoxy) is 1. The van der Waals surface area contributed by atoms with E-state index in [9.17, 15) is 9.59 Å². The molecule has 1 aliphatic rings. The number of ketones is 2. The van der Waals surface area contributed by atoms with E-state index < -0.39 is 0 Å². The van der Waals surface area contributed by atoms with E-state index in [1.54, 1.807) is 0 Å². The topological polar surface area (TPSA) is 43.4 Å². The second-order valence-electron chi connectivity index (χ2n) is 5.31. The Balaban J connectivity index is 1.89. The van der Waals surface area contributed by atoms with Crippen molar-refractivity contribution in [2.45, 2.75) is 25.2 Å². The SMILES string of the molecule is O=C1CC(=O)CC(c2ccccc2Oc2ccccc2)C1. The maximum atomic E-state index is 11.7. The van der Waals surface area contributed by atoms with Crippen LogP contribution in [0.1, 0.15) is 30.7 Å². The molecule has 21 heavy (non-hydrogen) atoms. The van der Waals surface area contributed by atoms with Gasteiger partial charge in [0.25, 0.3) is 0 Å². The maximum absolute atomic E-state index is 11.7. The summed E-state index contributed by atoms with van der Waals surface area (Å²) in [6.07, 6.45) is 0.917. The van der Waals surface area contributed by atoms with Gasteiger partial charge < -0.3 is 4.74 Å². The molecule has 1 saturated carbocycles. The van der Waals surface area contributed by atoms with E-state index in [-0.39, 0.29) is 23.9 Å². The van der Waals surface area contributed by atoms with Crippen LogP contribution >= 0.6 is 0 Å². The Morgan fingerprint density at radius 1 is 0.810 bits per heavy atom. The van der Waals surface area contributed by atoms with Crippen molar-refractivity contribution < 1.29 is 14.3 Å². The van der Waals surface area contributed by atoms with E-state index in [1.165, 1.54) is 0 Å². The quantitative estimate of drug-likeness (QED) is 0.801. The highest BCUT2D eigenvalue weighted by atomic mass is 16.5. The summed E-state index contributed by atoms with van der Waals surface area (Å²) in [7, 11) is 0. The van der Waals surface area contributed by atoms with Gasteiger partial charge in [-0.15, -0.1) is 0 Å². The molecular weight excluding hydrogens is 264 g/mol. The number of Topliss-reactive ketones (excluding diaryl/α,β-unsaturated/α-hetero) is 2. The molecule has 2 aromatic rings. The fraction of sp³-hybridized carbons (Fsp3) is 0.222. The van der Waals surface area contributed by atoms with Gasteiger partial charge in [0.05, 0.1) is 6.42 Å². The number of benzene rings is 2. The number of carbonyl (C=O) groups excluding carboxylic acids is 2. The largest absolute Gasteiger partial charge is 0.457 e. The Hall–Kier alpha value is -2.42. The highest BCUT2D eigenvalue weighted by molar-refractivity contribution is 6.02. The minimum Gasteiger partial charge on any atom is -0.457 e. The summed E-state index contributed by atoms with van der Waals surface area (Å²) in [4.78, 5) is 23.3. The predicted octanol–water partition coefficient (Wildman–Crippen LogP) is 3.88. The van der Waals surface area contributed by atoms with Crippen LogP contribution in [-0.4, -0.2) is 11.6 Å². The molecule has 0 amide bonds. The zero-order valence-electron chi connectivity index (χ0n) is 11.6. The van der Waals surface area contributed by atoms with Crippen LogP contribution in [0.2, 0.25) is 0 Å². The van der Waals surface area contributed by atoms with Crippen molar-refractivity contribution in [3.63, 3.8) is 0 Å². The Morgan fingerprint density at radius 3 is 2.14 bits per heavy atom. The van der Waals surface area contributed by atoms with Crippen molar-refractivity contribution in [1.29, 1.82) is 0 Å². The molecule has 0 N–H and O–H groups in total. The first-order valence-corrected chi connectivity index (χ1v) is 7.07. The molecule has 0 aliphatic heterocycles. The highest BCUT2D eigenvalue weighted by Gasteiger charge is 2.28. The summed E-state index contributed by atoms with van der Waals surface area (Å²) in [6.45, 7) is 0. The van der Waals surface area contributed by atoms with Crippen LogP contribution in [0, 0.1) is 0 Å². The lowest BCUT2D eigenvalue weighted by Gasteiger charge is -2.22. The molecule has 0 unspecified atom stereocenters. The minimum atomic E-state index is -0.0707. The molecule has 0 aromatic heterocycles. The van der Waals surface area contributed by atoms with Crippen LogP contribution in [0.15, 0.2) is 54.6 Å². The van der Waals surface area contributed by atoms with E-state index in [2.05, 4.69) is 0 Å². The third kappa shape index (κ3) is 3.19. The molecule has 0 radical (unpaired) electrons. The van der Waals surface area contributed by atoms with E-state index >= 15 is 0 Å². The van der Waals surface area contributed by atoms with Gasteiger partial charge in [0, 0.05) is 18.8 Å². The van der Waals surface area contributed by atoms with Crippen LogP contribution in [0.3, 0.4) is 0 Å². The molecule has 3 heteroatoms. The minimum absolute atomic E-state index is 0.0192. The van der Waals surface area contributed by atoms with Gasteiger partial charge >= 0.3 is 0 Å². The third-order valence-corrected chi connectivity index (χ3v) is 3.67. The van der Waals surface area contributed by atoms with Crippen molar-refractivity contribution in [3.8, 4) is 11.5 Å². The molecule has 1 aliphatic carbocycles. The molecule has 0 atom stereocenters. The first-order chi connectivity index (χ1) is 10.2. The van der Waals surface area contributed by atoms with Gasteiger partial charge in [0.1, 0.15) is 23.1 Å². The van der Waals surface area contributed by atoms with Gasteiger partial charge in [0.15, 0.2) is 0 Å². The summed E-state index contributed by atoms with van der Waals surface area (Å²) in [6, 6.07) is 17.1. The van der Waals surface area contributed by atoms with Crippen molar-refractivity contribution in [1.82, 2.24) is 0 Å². The summed E-state index contributed by atoms with van der Waals surface area (Å²) in [5.41, 5.74) is 0.933. The van der Waals surface area contributed by atoms with E-state index in [1.807, 2.05) is 54.6 Å². The third-order valence-electron chi connectivity index (χ3n) is 3.67. The van der Waals surface area contributed by atoms with E-state index in [0.29, 0.717) is 12.8 Å². The summed E-state index contributed by atoms with van der Waals surface area (Å²) < 4.78 is 5.91. The number of carbonyl (C=O) groups is 2. The molecule has 0 bridgehead atoms. The Bertz CT molecular complexity index is 645. The standard InChI is InChI=1S/C18H16O3/c19-14-10-13(11-15(20)12-14)17-8-4-5-9-18(17)21-16-6-2-1-3-7-16/h1-9,13H,10-12H2. The lowest BCUT2D eigenvalue weighted by atomic mass is 9.82. The average Bonchev–Trinajstić information content (AvgIpc) is 2.48. The normalized spacial score (nSPS) is 16.0. The molecule has 3 nitrogen and oxygen atoms in total. The fourth-order valence-corrected chi connectivity index (χ4v) is 2.73. The second-order valence-corrected chi connectivity index (χ2v) is 5.31. The lowest BCUT2D eigenvalue weighted by molar-refractivity contribution is -0.130. The fourth-order valence-electron chi connectivity index (χ4n) is 2.73. The van der Waals surface area contributed by atoms with Gasteiger partial charge in [-0.25, -0.2) is 0 Å². The monoisotopic (exact) mass is 280 g/mol. The zero-order chi connectivity index (χ0) is 14.7. The molecular formula is C18H16O3. The highest BCUT2D eigenvalue weighted by Crippen LogP contribution is 2.36. The van der Waals surface area contributed by atoms with Crippen LogP contribution in [0.5, 0.6) is 11.5 Å². The molecule has 2 aromatic carbocycles. The first kappa shape index (κ1) is 13.6. The van der Waals surface area contributed by atoms with Gasteiger partial charge in [0.2, 0.25) is 0 Å². The summed E-state index contributed by atoms with van der Waals surface area (Å²) >= 11 is 0. The molecule has 1 fully saturated rings. The second kappa shape index (κ2) is 5.92. The summed E-state index contributed by atoms with van der Waals surface area (Å²) in [5, 5.41) is 0. The molecule has 0 saturated heterocycles. The van der Waals surface area contributed by atoms with Crippen LogP contribution < -0.4 is 4.74 Å². The number of rotatable bonds is 3. The van der Waals surface area contributed by atoms with Crippen molar-refractivity contribution >= 4 is 11.6 Å². The van der Waals surface area contributed by atoms with E-state index in [4.69, 9.17) is 4.74 Å².